The third-order valence-corrected chi connectivity index (χ3v) is 3.48. The molecule has 0 aliphatic rings. The number of allylic oxidation sites excluding steroid dienone is 3. The molecule has 0 aromatic heterocycles. The normalized spacial score (nSPS) is 11.8. The molecule has 2 aromatic rings. The number of carbonyl (C=O) groups excluding carboxylic acids is 1. The highest BCUT2D eigenvalue weighted by molar-refractivity contribution is 6.02. The molecule has 0 fully saturated rings. The van der Waals surface area contributed by atoms with Crippen molar-refractivity contribution in [1.82, 2.24) is 0 Å². The first-order valence-electron chi connectivity index (χ1n) is 7.83. The molecule has 134 valence electrons. The van der Waals surface area contributed by atoms with Gasteiger partial charge in [0.25, 0.3) is 0 Å². The van der Waals surface area contributed by atoms with Gasteiger partial charge in [-0.25, -0.2) is 0 Å². The number of aliphatic hydroxyl groups excluding tert-OH is 1. The van der Waals surface area contributed by atoms with E-state index in [1.165, 1.54) is 24.3 Å². The van der Waals surface area contributed by atoms with Gasteiger partial charge in [-0.3, -0.25) is 4.79 Å². The minimum atomic E-state index is -0.354. The highest BCUT2D eigenvalue weighted by Gasteiger charge is 2.02. The molecule has 2 N–H and O–H groups in total. The van der Waals surface area contributed by atoms with E-state index in [0.717, 1.165) is 17.2 Å². The van der Waals surface area contributed by atoms with Gasteiger partial charge in [0.05, 0.1) is 14.2 Å². The van der Waals surface area contributed by atoms with Crippen LogP contribution in [0, 0.1) is 0 Å². The molecule has 0 aliphatic heterocycles. The third-order valence-electron chi connectivity index (χ3n) is 3.48. The number of phenolic OH excluding ortho intramolecular Hbond substituents is 1. The van der Waals surface area contributed by atoms with E-state index < -0.39 is 0 Å². The van der Waals surface area contributed by atoms with E-state index in [1.807, 2.05) is 0 Å². The number of ether oxygens (including phenoxy) is 2. The van der Waals surface area contributed by atoms with Crippen molar-refractivity contribution in [3.63, 3.8) is 0 Å². The zero-order chi connectivity index (χ0) is 18.9. The SMILES string of the molecule is COc1ccc(/C=C/C(O)=C/C(=O)/C=C/c2ccc(O)cc2)cc1OC. The van der Waals surface area contributed by atoms with E-state index in [2.05, 4.69) is 0 Å². The van der Waals surface area contributed by atoms with Crippen molar-refractivity contribution >= 4 is 17.9 Å². The van der Waals surface area contributed by atoms with Crippen LogP contribution in [0.4, 0.5) is 0 Å². The summed E-state index contributed by atoms with van der Waals surface area (Å²) in [6.07, 6.45) is 7.14. The van der Waals surface area contributed by atoms with Crippen LogP contribution in [0.2, 0.25) is 0 Å². The fourth-order valence-corrected chi connectivity index (χ4v) is 2.14. The van der Waals surface area contributed by atoms with Crippen LogP contribution in [0.5, 0.6) is 17.2 Å². The van der Waals surface area contributed by atoms with Crippen molar-refractivity contribution in [1.29, 1.82) is 0 Å². The Morgan fingerprint density at radius 3 is 2.15 bits per heavy atom. The first-order chi connectivity index (χ1) is 12.5. The average Bonchev–Trinajstić information content (AvgIpc) is 2.65. The molecule has 0 radical (unpaired) electrons. The number of rotatable bonds is 7. The van der Waals surface area contributed by atoms with Crippen molar-refractivity contribution in [2.45, 2.75) is 0 Å². The van der Waals surface area contributed by atoms with Gasteiger partial charge in [0.1, 0.15) is 11.5 Å². The lowest BCUT2D eigenvalue weighted by Crippen LogP contribution is -1.91. The minimum Gasteiger partial charge on any atom is -0.508 e. The Morgan fingerprint density at radius 1 is 0.885 bits per heavy atom. The van der Waals surface area contributed by atoms with E-state index >= 15 is 0 Å². The van der Waals surface area contributed by atoms with Crippen molar-refractivity contribution in [2.75, 3.05) is 14.2 Å². The molecule has 0 amide bonds. The van der Waals surface area contributed by atoms with Crippen molar-refractivity contribution < 1.29 is 24.5 Å². The fourth-order valence-electron chi connectivity index (χ4n) is 2.14. The number of hydrogen-bond acceptors (Lipinski definition) is 5. The molecule has 0 bridgehead atoms. The number of methoxy groups -OCH3 is 2. The Kier molecular flexibility index (Phi) is 6.62. The molecule has 0 saturated carbocycles. The molecule has 0 saturated heterocycles. The van der Waals surface area contributed by atoms with Crippen LogP contribution < -0.4 is 9.47 Å². The van der Waals surface area contributed by atoms with Gasteiger partial charge in [-0.05, 0) is 47.5 Å². The van der Waals surface area contributed by atoms with Crippen LogP contribution in [0.1, 0.15) is 11.1 Å². The first kappa shape index (κ1) is 18.9. The molecule has 2 aromatic carbocycles. The highest BCUT2D eigenvalue weighted by Crippen LogP contribution is 2.28. The van der Waals surface area contributed by atoms with E-state index in [1.54, 1.807) is 56.7 Å². The number of aromatic hydroxyl groups is 1. The van der Waals surface area contributed by atoms with E-state index in [0.29, 0.717) is 11.5 Å². The summed E-state index contributed by atoms with van der Waals surface area (Å²) in [6, 6.07) is 11.7. The lowest BCUT2D eigenvalue weighted by molar-refractivity contribution is -0.110. The molecule has 26 heavy (non-hydrogen) atoms. The van der Waals surface area contributed by atoms with Gasteiger partial charge in [0.2, 0.25) is 0 Å². The van der Waals surface area contributed by atoms with Gasteiger partial charge in [0.15, 0.2) is 17.3 Å². The highest BCUT2D eigenvalue weighted by atomic mass is 16.5. The van der Waals surface area contributed by atoms with Crippen molar-refractivity contribution in [2.24, 2.45) is 0 Å². The number of aliphatic hydroxyl groups is 1. The van der Waals surface area contributed by atoms with Crippen molar-refractivity contribution in [3.05, 3.63) is 77.6 Å². The summed E-state index contributed by atoms with van der Waals surface area (Å²) in [5.74, 6) is 0.823. The Bertz CT molecular complexity index is 845. The van der Waals surface area contributed by atoms with Gasteiger partial charge in [-0.2, -0.15) is 0 Å². The Balaban J connectivity index is 2.03. The van der Waals surface area contributed by atoms with Crippen molar-refractivity contribution in [3.8, 4) is 17.2 Å². The van der Waals surface area contributed by atoms with Crippen LogP contribution in [-0.2, 0) is 4.79 Å². The van der Waals surface area contributed by atoms with Crippen LogP contribution in [0.25, 0.3) is 12.2 Å². The number of benzene rings is 2. The molecule has 2 rings (SSSR count). The first-order valence-corrected chi connectivity index (χ1v) is 7.83. The quantitative estimate of drug-likeness (QED) is 0.445. The van der Waals surface area contributed by atoms with Gasteiger partial charge < -0.3 is 19.7 Å². The number of ketones is 1. The summed E-state index contributed by atoms with van der Waals surface area (Å²) in [5.41, 5.74) is 1.56. The van der Waals surface area contributed by atoms with E-state index in [-0.39, 0.29) is 17.3 Å². The molecular formula is C21H20O5. The summed E-state index contributed by atoms with van der Waals surface area (Å²) in [4.78, 5) is 11.8. The minimum absolute atomic E-state index is 0.159. The van der Waals surface area contributed by atoms with Crippen LogP contribution in [0.3, 0.4) is 0 Å². The zero-order valence-electron chi connectivity index (χ0n) is 14.5. The largest absolute Gasteiger partial charge is 0.508 e. The molecule has 5 nitrogen and oxygen atoms in total. The van der Waals surface area contributed by atoms with Gasteiger partial charge in [0, 0.05) is 6.08 Å². The monoisotopic (exact) mass is 352 g/mol. The van der Waals surface area contributed by atoms with Crippen LogP contribution >= 0.6 is 0 Å². The van der Waals surface area contributed by atoms with Crippen LogP contribution in [-0.4, -0.2) is 30.2 Å². The fraction of sp³-hybridized carbons (Fsp3) is 0.0952. The summed E-state index contributed by atoms with van der Waals surface area (Å²) < 4.78 is 10.4. The second-order valence-corrected chi connectivity index (χ2v) is 5.34. The van der Waals surface area contributed by atoms with E-state index in [9.17, 15) is 15.0 Å². The second kappa shape index (κ2) is 9.13. The van der Waals surface area contributed by atoms with Gasteiger partial charge in [-0.1, -0.05) is 30.4 Å². The molecule has 0 unspecified atom stereocenters. The van der Waals surface area contributed by atoms with Gasteiger partial charge >= 0.3 is 0 Å². The Hall–Kier alpha value is -3.47. The van der Waals surface area contributed by atoms with Gasteiger partial charge in [-0.15, -0.1) is 0 Å². The maximum atomic E-state index is 11.8. The molecule has 0 aliphatic carbocycles. The lowest BCUT2D eigenvalue weighted by atomic mass is 10.1. The molecule has 0 spiro atoms. The molecule has 5 heteroatoms. The lowest BCUT2D eigenvalue weighted by Gasteiger charge is -2.07. The smallest absolute Gasteiger partial charge is 0.182 e. The standard InChI is InChI=1S/C21H20O5/c1-25-20-12-7-16(13-21(20)26-2)6-11-19(24)14-18(23)10-5-15-3-8-17(22)9-4-15/h3-14,22,24H,1-2H3/b10-5+,11-6+,19-14-. The second-order valence-electron chi connectivity index (χ2n) is 5.34. The zero-order valence-corrected chi connectivity index (χ0v) is 14.5. The molecule has 0 atom stereocenters. The predicted octanol–water partition coefficient (Wildman–Crippen LogP) is 4.15. The molecule has 0 heterocycles. The number of phenols is 1. The summed E-state index contributed by atoms with van der Waals surface area (Å²) in [5, 5.41) is 19.1. The summed E-state index contributed by atoms with van der Waals surface area (Å²) >= 11 is 0. The Morgan fingerprint density at radius 2 is 1.50 bits per heavy atom. The topological polar surface area (TPSA) is 76.0 Å². The van der Waals surface area contributed by atoms with Crippen LogP contribution in [0.15, 0.2) is 66.5 Å². The third kappa shape index (κ3) is 5.56. The average molecular weight is 352 g/mol. The number of hydrogen-bond donors (Lipinski definition) is 2. The number of carbonyl (C=O) groups is 1. The predicted molar refractivity (Wildman–Crippen MR) is 101 cm³/mol. The molecular weight excluding hydrogens is 332 g/mol. The maximum Gasteiger partial charge on any atom is 0.182 e. The Labute approximate surface area is 152 Å². The summed E-state index contributed by atoms with van der Waals surface area (Å²) in [7, 11) is 3.10. The maximum absolute atomic E-state index is 11.8. The van der Waals surface area contributed by atoms with E-state index in [4.69, 9.17) is 9.47 Å². The summed E-state index contributed by atoms with van der Waals surface area (Å²) in [6.45, 7) is 0.